The van der Waals surface area contributed by atoms with Gasteiger partial charge in [0.05, 0.1) is 17.4 Å². The fourth-order valence-electron chi connectivity index (χ4n) is 7.54. The van der Waals surface area contributed by atoms with Crippen molar-refractivity contribution in [1.29, 1.82) is 0 Å². The lowest BCUT2D eigenvalue weighted by Crippen LogP contribution is -2.36. The molecule has 3 heterocycles. The van der Waals surface area contributed by atoms with Crippen LogP contribution in [0.5, 0.6) is 0 Å². The number of aromatic nitrogens is 3. The molecule has 1 saturated heterocycles. The summed E-state index contributed by atoms with van der Waals surface area (Å²) >= 11 is 2.14. The number of anilines is 1. The predicted octanol–water partition coefficient (Wildman–Crippen LogP) is 9.24. The molecule has 2 fully saturated rings. The van der Waals surface area contributed by atoms with E-state index in [9.17, 15) is 27.1 Å². The zero-order valence-corrected chi connectivity index (χ0v) is 27.9. The zero-order chi connectivity index (χ0) is 33.0. The van der Waals surface area contributed by atoms with E-state index in [2.05, 4.69) is 37.5 Å². The second-order valence-electron chi connectivity index (χ2n) is 13.8. The van der Waals surface area contributed by atoms with Crippen LogP contribution in [-0.4, -0.2) is 39.1 Å². The van der Waals surface area contributed by atoms with Crippen molar-refractivity contribution in [3.63, 3.8) is 0 Å². The van der Waals surface area contributed by atoms with Crippen LogP contribution in [0.15, 0.2) is 36.7 Å². The molecule has 1 saturated carbocycles. The molecule has 1 N–H and O–H groups in total. The number of piperidine rings is 1. The first-order chi connectivity index (χ1) is 21.6. The maximum Gasteiger partial charge on any atom is 0.416 e. The van der Waals surface area contributed by atoms with E-state index in [0.717, 1.165) is 27.8 Å². The van der Waals surface area contributed by atoms with Crippen molar-refractivity contribution in [2.24, 2.45) is 5.41 Å². The molecule has 0 amide bonds. The molecule has 2 aromatic heterocycles. The first kappa shape index (κ1) is 33.4. The van der Waals surface area contributed by atoms with Gasteiger partial charge in [0, 0.05) is 64.6 Å². The Kier molecular flexibility index (Phi) is 9.10. The van der Waals surface area contributed by atoms with E-state index in [1.165, 1.54) is 0 Å². The van der Waals surface area contributed by atoms with E-state index in [1.54, 1.807) is 12.4 Å². The highest BCUT2D eigenvalue weighted by Crippen LogP contribution is 2.52. The number of alkyl halides is 6. The number of aliphatic hydroxyl groups excluding tert-OH is 1. The fourth-order valence-corrected chi connectivity index (χ4v) is 7.82. The number of hydrogen-bond donors (Lipinski definition) is 1. The summed E-state index contributed by atoms with van der Waals surface area (Å²) in [4.78, 5) is 16.0. The van der Waals surface area contributed by atoms with Crippen LogP contribution in [0.4, 0.5) is 32.3 Å². The molecule has 5 nitrogen and oxygen atoms in total. The summed E-state index contributed by atoms with van der Waals surface area (Å²) < 4.78 is 87.0. The van der Waals surface area contributed by atoms with E-state index in [-0.39, 0.29) is 48.1 Å². The topological polar surface area (TPSA) is 62.1 Å². The summed E-state index contributed by atoms with van der Waals surface area (Å²) in [5.41, 5.74) is 1.34. The summed E-state index contributed by atoms with van der Waals surface area (Å²) in [6.07, 6.45) is -2.24. The van der Waals surface area contributed by atoms with Gasteiger partial charge in [0.1, 0.15) is 0 Å². The van der Waals surface area contributed by atoms with Gasteiger partial charge in [0.2, 0.25) is 11.9 Å². The van der Waals surface area contributed by atoms with Crippen molar-refractivity contribution < 1.29 is 31.4 Å². The van der Waals surface area contributed by atoms with Gasteiger partial charge in [-0.15, -0.1) is 0 Å². The molecule has 0 unspecified atom stereocenters. The van der Waals surface area contributed by atoms with Gasteiger partial charge in [-0.3, -0.25) is 4.98 Å². The lowest BCUT2D eigenvalue weighted by Gasteiger charge is -2.41. The first-order valence-electron chi connectivity index (χ1n) is 15.8. The van der Waals surface area contributed by atoms with Crippen molar-refractivity contribution in [1.82, 2.24) is 15.0 Å². The number of hydrogen-bond acceptors (Lipinski definition) is 5. The van der Waals surface area contributed by atoms with Crippen LogP contribution < -0.4 is 4.90 Å². The molecule has 0 bridgehead atoms. The average molecular weight is 759 g/mol. The Bertz CT molecular complexity index is 1550. The Hall–Kier alpha value is -2.48. The number of rotatable bonds is 5. The van der Waals surface area contributed by atoms with Gasteiger partial charge in [-0.2, -0.15) is 13.2 Å². The van der Waals surface area contributed by atoms with Gasteiger partial charge in [-0.1, -0.05) is 26.0 Å². The second kappa shape index (κ2) is 12.5. The number of fused-ring (bicyclic) bond motifs is 1. The van der Waals surface area contributed by atoms with Gasteiger partial charge < -0.3 is 10.0 Å². The molecule has 1 aliphatic heterocycles. The third-order valence-electron chi connectivity index (χ3n) is 9.83. The molecule has 0 spiro atoms. The predicted molar refractivity (Wildman–Crippen MR) is 171 cm³/mol. The SMILES string of the molecule is CC1(C)Cc2nc(C3CCN(c4ncc(I)cn4)CC3)c([C@@H](F)c3ccc(C(F)(F)F)cc3)c(C3CCC(F)(F)CC3)c2[C@@H](O)C1. The Labute approximate surface area is 278 Å². The molecular weight excluding hydrogens is 721 g/mol. The van der Waals surface area contributed by atoms with Gasteiger partial charge >= 0.3 is 6.18 Å². The summed E-state index contributed by atoms with van der Waals surface area (Å²) in [6, 6.07) is 4.02. The van der Waals surface area contributed by atoms with E-state index < -0.39 is 35.9 Å². The molecule has 6 rings (SSSR count). The highest BCUT2D eigenvalue weighted by molar-refractivity contribution is 14.1. The minimum absolute atomic E-state index is 0.0359. The molecule has 248 valence electrons. The third-order valence-corrected chi connectivity index (χ3v) is 10.4. The normalized spacial score (nSPS) is 22.8. The van der Waals surface area contributed by atoms with Crippen LogP contribution in [0.2, 0.25) is 0 Å². The fraction of sp³-hybridized carbons (Fsp3) is 0.559. The second-order valence-corrected chi connectivity index (χ2v) is 15.1. The molecule has 46 heavy (non-hydrogen) atoms. The van der Waals surface area contributed by atoms with Gasteiger partial charge in [0.15, 0.2) is 6.17 Å². The van der Waals surface area contributed by atoms with Crippen LogP contribution >= 0.6 is 22.6 Å². The Morgan fingerprint density at radius 2 is 1.54 bits per heavy atom. The number of pyridine rings is 1. The monoisotopic (exact) mass is 758 g/mol. The van der Waals surface area contributed by atoms with E-state index in [0.29, 0.717) is 67.2 Å². The summed E-state index contributed by atoms with van der Waals surface area (Å²) in [5, 5.41) is 11.5. The average Bonchev–Trinajstić information content (AvgIpc) is 2.99. The zero-order valence-electron chi connectivity index (χ0n) is 25.7. The van der Waals surface area contributed by atoms with Crippen LogP contribution in [-0.2, 0) is 12.6 Å². The first-order valence-corrected chi connectivity index (χ1v) is 16.9. The lowest BCUT2D eigenvalue weighted by atomic mass is 9.68. The smallest absolute Gasteiger partial charge is 0.388 e. The quantitative estimate of drug-likeness (QED) is 0.208. The van der Waals surface area contributed by atoms with Gasteiger partial charge in [0.25, 0.3) is 0 Å². The van der Waals surface area contributed by atoms with Crippen LogP contribution in [0.25, 0.3) is 0 Å². The number of halogens is 7. The van der Waals surface area contributed by atoms with Gasteiger partial charge in [-0.25, -0.2) is 23.1 Å². The number of benzene rings is 1. The van der Waals surface area contributed by atoms with Crippen molar-refractivity contribution in [2.45, 2.75) is 101 Å². The van der Waals surface area contributed by atoms with Crippen molar-refractivity contribution >= 4 is 28.5 Å². The number of aliphatic hydroxyl groups is 1. The molecule has 2 aliphatic carbocycles. The largest absolute Gasteiger partial charge is 0.416 e. The van der Waals surface area contributed by atoms with E-state index in [4.69, 9.17) is 4.98 Å². The highest BCUT2D eigenvalue weighted by atomic mass is 127. The Balaban J connectivity index is 1.47. The van der Waals surface area contributed by atoms with Crippen LogP contribution in [0.1, 0.15) is 122 Å². The van der Waals surface area contributed by atoms with Crippen LogP contribution in [0.3, 0.4) is 0 Å². The summed E-state index contributed by atoms with van der Waals surface area (Å²) in [7, 11) is 0. The third kappa shape index (κ3) is 6.88. The molecule has 1 aromatic carbocycles. The van der Waals surface area contributed by atoms with E-state index >= 15 is 4.39 Å². The standard InChI is InChI=1S/C34H37F6IN4O/c1-32(2)15-24-27(25(46)16-32)26(19-7-11-33(36,37)12-8-19)28(29(35)20-3-5-22(6-4-20)34(38,39)40)30(44-24)21-9-13-45(14-10-21)31-42-17-23(41)18-43-31/h3-6,17-19,21,25,29,46H,7-16H2,1-2H3/t25-,29-/m0/s1. The maximum atomic E-state index is 17.1. The Morgan fingerprint density at radius 1 is 0.935 bits per heavy atom. The summed E-state index contributed by atoms with van der Waals surface area (Å²) in [5.74, 6) is -2.85. The van der Waals surface area contributed by atoms with Crippen molar-refractivity contribution in [3.05, 3.63) is 79.4 Å². The molecule has 3 aliphatic rings. The summed E-state index contributed by atoms with van der Waals surface area (Å²) in [6.45, 7) is 5.24. The van der Waals surface area contributed by atoms with Gasteiger partial charge in [-0.05, 0) is 95.7 Å². The molecular formula is C34H37F6IN4O. The van der Waals surface area contributed by atoms with Crippen molar-refractivity contribution in [3.8, 4) is 0 Å². The van der Waals surface area contributed by atoms with Crippen molar-refractivity contribution in [2.75, 3.05) is 18.0 Å². The minimum atomic E-state index is -4.58. The maximum absolute atomic E-state index is 17.1. The molecule has 3 aromatic rings. The molecule has 0 radical (unpaired) electrons. The number of nitrogens with zero attached hydrogens (tertiary/aromatic N) is 4. The highest BCUT2D eigenvalue weighted by Gasteiger charge is 2.43. The van der Waals surface area contributed by atoms with Crippen LogP contribution in [0, 0.1) is 8.99 Å². The molecule has 2 atom stereocenters. The Morgan fingerprint density at radius 3 is 2.13 bits per heavy atom. The lowest BCUT2D eigenvalue weighted by molar-refractivity contribution is -0.137. The molecule has 12 heteroatoms. The minimum Gasteiger partial charge on any atom is -0.388 e. The van der Waals surface area contributed by atoms with E-state index in [1.807, 2.05) is 13.8 Å².